The van der Waals surface area contributed by atoms with Crippen molar-refractivity contribution in [1.29, 1.82) is 0 Å². The average Bonchev–Trinajstić information content (AvgIpc) is 3.29. The fourth-order valence-electron chi connectivity index (χ4n) is 3.39. The van der Waals surface area contributed by atoms with Gasteiger partial charge in [-0.2, -0.15) is 0 Å². The molecule has 0 spiro atoms. The number of piperidine rings is 1. The highest BCUT2D eigenvalue weighted by molar-refractivity contribution is 7.13. The summed E-state index contributed by atoms with van der Waals surface area (Å²) in [7, 11) is 0. The zero-order valence-electron chi connectivity index (χ0n) is 15.5. The number of nitrogens with zero attached hydrogens (tertiary/aromatic N) is 4. The maximum atomic E-state index is 12.6. The van der Waals surface area contributed by atoms with Crippen molar-refractivity contribution in [3.63, 3.8) is 0 Å². The lowest BCUT2D eigenvalue weighted by atomic mass is 9.95. The first-order chi connectivity index (χ1) is 14.1. The molecule has 2 aromatic heterocycles. The molecule has 0 bridgehead atoms. The fourth-order valence-corrected chi connectivity index (χ4v) is 4.08. The molecule has 8 nitrogen and oxygen atoms in total. The Kier molecular flexibility index (Phi) is 5.48. The molecule has 0 aliphatic carbocycles. The number of benzene rings is 1. The number of para-hydroxylation sites is 2. The molecule has 4 rings (SSSR count). The molecular formula is C20H19N5O3S. The van der Waals surface area contributed by atoms with Crippen LogP contribution in [0, 0.1) is 16.0 Å². The molecule has 29 heavy (non-hydrogen) atoms. The van der Waals surface area contributed by atoms with Gasteiger partial charge in [0.2, 0.25) is 5.91 Å². The molecule has 1 saturated heterocycles. The van der Waals surface area contributed by atoms with Gasteiger partial charge in [0.05, 0.1) is 9.80 Å². The van der Waals surface area contributed by atoms with E-state index in [2.05, 4.69) is 20.4 Å². The molecule has 0 radical (unpaired) electrons. The summed E-state index contributed by atoms with van der Waals surface area (Å²) in [4.78, 5) is 26.4. The Morgan fingerprint density at radius 1 is 1.10 bits per heavy atom. The van der Waals surface area contributed by atoms with Gasteiger partial charge in [0.1, 0.15) is 11.4 Å². The molecule has 1 aromatic carbocycles. The first kappa shape index (κ1) is 19.0. The number of carbonyl (C=O) groups excluding carboxylic acids is 1. The van der Waals surface area contributed by atoms with Crippen LogP contribution < -0.4 is 10.2 Å². The molecule has 148 valence electrons. The lowest BCUT2D eigenvalue weighted by molar-refractivity contribution is -0.383. The minimum Gasteiger partial charge on any atom is -0.355 e. The number of hydrogen-bond acceptors (Lipinski definition) is 7. The maximum Gasteiger partial charge on any atom is 0.292 e. The molecule has 0 unspecified atom stereocenters. The third-order valence-electron chi connectivity index (χ3n) is 4.97. The number of amides is 1. The molecule has 9 heteroatoms. The second kappa shape index (κ2) is 8.36. The SMILES string of the molecule is O=C(Nc1ccccc1[N+](=O)[O-])C1CCN(c2ccc(-c3cccs3)nn2)CC1. The van der Waals surface area contributed by atoms with E-state index in [4.69, 9.17) is 0 Å². The quantitative estimate of drug-likeness (QED) is 0.505. The maximum absolute atomic E-state index is 12.6. The van der Waals surface area contributed by atoms with Crippen LogP contribution in [0.1, 0.15) is 12.8 Å². The zero-order valence-corrected chi connectivity index (χ0v) is 16.3. The van der Waals surface area contributed by atoms with Gasteiger partial charge < -0.3 is 10.2 Å². The van der Waals surface area contributed by atoms with Gasteiger partial charge in [-0.15, -0.1) is 21.5 Å². The van der Waals surface area contributed by atoms with Crippen molar-refractivity contribution in [1.82, 2.24) is 10.2 Å². The van der Waals surface area contributed by atoms with Gasteiger partial charge in [-0.1, -0.05) is 18.2 Å². The Bertz CT molecular complexity index is 999. The van der Waals surface area contributed by atoms with Gasteiger partial charge in [0.15, 0.2) is 5.82 Å². The third-order valence-corrected chi connectivity index (χ3v) is 5.86. The lowest BCUT2D eigenvalue weighted by Gasteiger charge is -2.31. The molecule has 1 amide bonds. The van der Waals surface area contributed by atoms with E-state index >= 15 is 0 Å². The van der Waals surface area contributed by atoms with E-state index in [1.54, 1.807) is 29.5 Å². The number of thiophene rings is 1. The Balaban J connectivity index is 1.36. The summed E-state index contributed by atoms with van der Waals surface area (Å²) >= 11 is 1.62. The number of anilines is 2. The predicted molar refractivity (Wildman–Crippen MR) is 112 cm³/mol. The number of nitrogens with one attached hydrogen (secondary N) is 1. The summed E-state index contributed by atoms with van der Waals surface area (Å²) in [6.45, 7) is 1.37. The highest BCUT2D eigenvalue weighted by Gasteiger charge is 2.27. The van der Waals surface area contributed by atoms with Gasteiger partial charge in [-0.05, 0) is 42.5 Å². The smallest absolute Gasteiger partial charge is 0.292 e. The van der Waals surface area contributed by atoms with Crippen molar-refractivity contribution in [3.8, 4) is 10.6 Å². The molecule has 1 N–H and O–H groups in total. The van der Waals surface area contributed by atoms with Crippen LogP contribution in [0.2, 0.25) is 0 Å². The highest BCUT2D eigenvalue weighted by Crippen LogP contribution is 2.28. The van der Waals surface area contributed by atoms with E-state index in [-0.39, 0.29) is 23.2 Å². The van der Waals surface area contributed by atoms with Crippen molar-refractivity contribution in [2.24, 2.45) is 5.92 Å². The van der Waals surface area contributed by atoms with Gasteiger partial charge in [0.25, 0.3) is 5.69 Å². The van der Waals surface area contributed by atoms with Crippen LogP contribution in [0.4, 0.5) is 17.2 Å². The van der Waals surface area contributed by atoms with E-state index in [1.165, 1.54) is 6.07 Å². The van der Waals surface area contributed by atoms with Crippen LogP contribution in [0.25, 0.3) is 10.6 Å². The van der Waals surface area contributed by atoms with Gasteiger partial charge in [-0.3, -0.25) is 14.9 Å². The first-order valence-electron chi connectivity index (χ1n) is 9.28. The van der Waals surface area contributed by atoms with E-state index in [0.29, 0.717) is 25.9 Å². The van der Waals surface area contributed by atoms with Crippen LogP contribution in [-0.2, 0) is 4.79 Å². The van der Waals surface area contributed by atoms with E-state index in [9.17, 15) is 14.9 Å². The van der Waals surface area contributed by atoms with E-state index < -0.39 is 4.92 Å². The molecule has 0 saturated carbocycles. The number of nitro groups is 1. The summed E-state index contributed by atoms with van der Waals surface area (Å²) in [6, 6.07) is 14.1. The molecular weight excluding hydrogens is 390 g/mol. The average molecular weight is 409 g/mol. The number of rotatable bonds is 5. The minimum absolute atomic E-state index is 0.0978. The molecule has 1 aliphatic rings. The van der Waals surface area contributed by atoms with E-state index in [0.717, 1.165) is 16.4 Å². The summed E-state index contributed by atoms with van der Waals surface area (Å²) in [5.41, 5.74) is 0.988. The van der Waals surface area contributed by atoms with Crippen molar-refractivity contribution in [2.75, 3.05) is 23.3 Å². The number of nitro benzene ring substituents is 1. The van der Waals surface area contributed by atoms with Crippen molar-refractivity contribution in [3.05, 3.63) is 64.0 Å². The van der Waals surface area contributed by atoms with E-state index in [1.807, 2.05) is 29.6 Å². The molecule has 1 fully saturated rings. The molecule has 1 aliphatic heterocycles. The Hall–Kier alpha value is -3.33. The van der Waals surface area contributed by atoms with Crippen LogP contribution in [-0.4, -0.2) is 34.1 Å². The van der Waals surface area contributed by atoms with Crippen LogP contribution >= 0.6 is 11.3 Å². The van der Waals surface area contributed by atoms with Crippen molar-refractivity contribution < 1.29 is 9.72 Å². The standard InChI is InChI=1S/C20H19N5O3S/c26-20(21-15-4-1-2-5-17(15)25(27)28)14-9-11-24(12-10-14)19-8-7-16(22-23-19)18-6-3-13-29-18/h1-8,13-14H,9-12H2,(H,21,26). The van der Waals surface area contributed by atoms with Crippen molar-refractivity contribution >= 4 is 34.4 Å². The third kappa shape index (κ3) is 4.24. The first-order valence-corrected chi connectivity index (χ1v) is 10.2. The largest absolute Gasteiger partial charge is 0.355 e. The second-order valence-corrected chi connectivity index (χ2v) is 7.73. The normalized spacial score (nSPS) is 14.6. The van der Waals surface area contributed by atoms with Gasteiger partial charge in [-0.25, -0.2) is 0 Å². The van der Waals surface area contributed by atoms with Crippen molar-refractivity contribution in [2.45, 2.75) is 12.8 Å². The molecule has 0 atom stereocenters. The summed E-state index contributed by atoms with van der Waals surface area (Å²) in [5.74, 6) is 0.422. The van der Waals surface area contributed by atoms with Crippen LogP contribution in [0.5, 0.6) is 0 Å². The van der Waals surface area contributed by atoms with Crippen LogP contribution in [0.15, 0.2) is 53.9 Å². The zero-order chi connectivity index (χ0) is 20.2. The summed E-state index contributed by atoms with van der Waals surface area (Å²) < 4.78 is 0. The fraction of sp³-hybridized carbons (Fsp3) is 0.250. The number of hydrogen-bond donors (Lipinski definition) is 1. The molecule has 3 aromatic rings. The topological polar surface area (TPSA) is 101 Å². The number of aromatic nitrogens is 2. The Labute approximate surface area is 171 Å². The summed E-state index contributed by atoms with van der Waals surface area (Å²) in [6.07, 6.45) is 1.31. The van der Waals surface area contributed by atoms with Gasteiger partial charge in [0, 0.05) is 25.1 Å². The lowest BCUT2D eigenvalue weighted by Crippen LogP contribution is -2.38. The minimum atomic E-state index is -0.489. The molecule has 3 heterocycles. The monoisotopic (exact) mass is 409 g/mol. The second-order valence-electron chi connectivity index (χ2n) is 6.78. The van der Waals surface area contributed by atoms with Gasteiger partial charge >= 0.3 is 0 Å². The highest BCUT2D eigenvalue weighted by atomic mass is 32.1. The Morgan fingerprint density at radius 3 is 2.55 bits per heavy atom. The van der Waals surface area contributed by atoms with Crippen LogP contribution in [0.3, 0.4) is 0 Å². The number of carbonyl (C=O) groups is 1. The predicted octanol–water partition coefficient (Wildman–Crippen LogP) is 3.97. The Morgan fingerprint density at radius 2 is 1.90 bits per heavy atom. The summed E-state index contributed by atoms with van der Waals surface area (Å²) in [5, 5.41) is 24.5.